The Morgan fingerprint density at radius 1 is 1.30 bits per heavy atom. The third kappa shape index (κ3) is 2.43. The molecule has 1 aromatic heterocycles. The molecule has 0 saturated heterocycles. The van der Waals surface area contributed by atoms with E-state index in [-0.39, 0.29) is 11.9 Å². The zero-order valence-electron chi connectivity index (χ0n) is 11.6. The molecule has 0 bridgehead atoms. The fourth-order valence-electron chi connectivity index (χ4n) is 3.19. The van der Waals surface area contributed by atoms with Crippen molar-refractivity contribution in [3.8, 4) is 0 Å². The zero-order valence-corrected chi connectivity index (χ0v) is 11.6. The van der Waals surface area contributed by atoms with Crippen LogP contribution in [0.5, 0.6) is 0 Å². The Morgan fingerprint density at radius 2 is 2.10 bits per heavy atom. The van der Waals surface area contributed by atoms with E-state index < -0.39 is 0 Å². The smallest absolute Gasteiger partial charge is 0.253 e. The predicted octanol–water partition coefficient (Wildman–Crippen LogP) is 2.42. The van der Waals surface area contributed by atoms with Gasteiger partial charge in [0.05, 0.1) is 5.56 Å². The van der Waals surface area contributed by atoms with Gasteiger partial charge in [-0.05, 0) is 31.4 Å². The van der Waals surface area contributed by atoms with E-state index in [0.717, 1.165) is 29.3 Å². The van der Waals surface area contributed by atoms with E-state index in [1.165, 1.54) is 12.8 Å². The molecule has 1 amide bonds. The lowest BCUT2D eigenvalue weighted by molar-refractivity contribution is 0.0910. The number of rotatable bonds is 3. The molecule has 0 spiro atoms. The molecule has 2 unspecified atom stereocenters. The number of aromatic amines is 1. The Kier molecular flexibility index (Phi) is 3.74. The molecule has 1 saturated carbocycles. The predicted molar refractivity (Wildman–Crippen MR) is 80.6 cm³/mol. The van der Waals surface area contributed by atoms with Gasteiger partial charge < -0.3 is 16.0 Å². The molecule has 2 atom stereocenters. The third-order valence-electron chi connectivity index (χ3n) is 4.36. The highest BCUT2D eigenvalue weighted by atomic mass is 16.1. The summed E-state index contributed by atoms with van der Waals surface area (Å²) in [6.07, 6.45) is 6.35. The molecule has 0 aliphatic heterocycles. The number of carbonyl (C=O) groups is 1. The lowest BCUT2D eigenvalue weighted by Crippen LogP contribution is -2.44. The summed E-state index contributed by atoms with van der Waals surface area (Å²) in [5, 5.41) is 4.15. The fourth-order valence-corrected chi connectivity index (χ4v) is 3.19. The molecule has 3 rings (SSSR count). The first-order valence-electron chi connectivity index (χ1n) is 7.36. The Bertz CT molecular complexity index is 605. The van der Waals surface area contributed by atoms with E-state index >= 15 is 0 Å². The molecule has 4 heteroatoms. The van der Waals surface area contributed by atoms with Crippen LogP contribution in [0.3, 0.4) is 0 Å². The van der Waals surface area contributed by atoms with Crippen LogP contribution < -0.4 is 11.1 Å². The number of nitrogens with one attached hydrogen (secondary N) is 2. The second-order valence-corrected chi connectivity index (χ2v) is 5.61. The van der Waals surface area contributed by atoms with Gasteiger partial charge in [-0.3, -0.25) is 4.79 Å². The minimum atomic E-state index is 0.00722. The maximum absolute atomic E-state index is 12.5. The van der Waals surface area contributed by atoms with Gasteiger partial charge in [-0.15, -0.1) is 0 Å². The Balaban J connectivity index is 1.78. The number of benzene rings is 1. The first-order chi connectivity index (χ1) is 9.79. The summed E-state index contributed by atoms with van der Waals surface area (Å²) in [4.78, 5) is 15.6. The maximum Gasteiger partial charge on any atom is 0.253 e. The number of amides is 1. The van der Waals surface area contributed by atoms with Crippen molar-refractivity contribution in [3.05, 3.63) is 36.0 Å². The van der Waals surface area contributed by atoms with Gasteiger partial charge in [0.2, 0.25) is 0 Å². The van der Waals surface area contributed by atoms with Crippen molar-refractivity contribution in [3.63, 3.8) is 0 Å². The van der Waals surface area contributed by atoms with Crippen molar-refractivity contribution in [2.45, 2.75) is 31.7 Å². The molecule has 2 aromatic rings. The number of para-hydroxylation sites is 1. The van der Waals surface area contributed by atoms with Gasteiger partial charge in [-0.1, -0.05) is 31.0 Å². The van der Waals surface area contributed by atoms with E-state index in [9.17, 15) is 4.79 Å². The quantitative estimate of drug-likeness (QED) is 0.802. The number of carbonyl (C=O) groups excluding carboxylic acids is 1. The summed E-state index contributed by atoms with van der Waals surface area (Å²) >= 11 is 0. The second-order valence-electron chi connectivity index (χ2n) is 5.61. The zero-order chi connectivity index (χ0) is 13.9. The Hall–Kier alpha value is -1.81. The van der Waals surface area contributed by atoms with Crippen molar-refractivity contribution in [2.24, 2.45) is 11.7 Å². The van der Waals surface area contributed by atoms with Crippen molar-refractivity contribution in [1.29, 1.82) is 0 Å². The number of fused-ring (bicyclic) bond motifs is 1. The van der Waals surface area contributed by atoms with Gasteiger partial charge in [-0.2, -0.15) is 0 Å². The van der Waals surface area contributed by atoms with Crippen molar-refractivity contribution in [1.82, 2.24) is 10.3 Å². The van der Waals surface area contributed by atoms with Gasteiger partial charge in [0, 0.05) is 23.1 Å². The SMILES string of the molecule is NCC1CCCCC1NC(=O)c1c[nH]c2ccccc12. The number of hydrogen-bond donors (Lipinski definition) is 3. The van der Waals surface area contributed by atoms with E-state index in [1.54, 1.807) is 6.20 Å². The number of H-pyrrole nitrogens is 1. The van der Waals surface area contributed by atoms with Crippen molar-refractivity contribution < 1.29 is 4.79 Å². The summed E-state index contributed by atoms with van der Waals surface area (Å²) in [5.41, 5.74) is 7.54. The number of nitrogens with two attached hydrogens (primary N) is 1. The first-order valence-corrected chi connectivity index (χ1v) is 7.36. The monoisotopic (exact) mass is 271 g/mol. The molecular formula is C16H21N3O. The normalized spacial score (nSPS) is 22.9. The highest BCUT2D eigenvalue weighted by Gasteiger charge is 2.26. The number of aromatic nitrogens is 1. The highest BCUT2D eigenvalue weighted by molar-refractivity contribution is 6.06. The summed E-state index contributed by atoms with van der Waals surface area (Å²) < 4.78 is 0. The molecule has 20 heavy (non-hydrogen) atoms. The van der Waals surface area contributed by atoms with E-state index in [1.807, 2.05) is 24.3 Å². The average Bonchev–Trinajstić information content (AvgIpc) is 2.92. The molecular weight excluding hydrogens is 250 g/mol. The van der Waals surface area contributed by atoms with Crippen LogP contribution in [-0.4, -0.2) is 23.5 Å². The lowest BCUT2D eigenvalue weighted by Gasteiger charge is -2.31. The molecule has 0 radical (unpaired) electrons. The summed E-state index contributed by atoms with van der Waals surface area (Å²) in [6, 6.07) is 8.09. The summed E-state index contributed by atoms with van der Waals surface area (Å²) in [5.74, 6) is 0.422. The first kappa shape index (κ1) is 13.2. The van der Waals surface area contributed by atoms with Crippen LogP contribution in [0, 0.1) is 5.92 Å². The van der Waals surface area contributed by atoms with Gasteiger partial charge in [0.1, 0.15) is 0 Å². The molecule has 1 heterocycles. The Labute approximate surface area is 118 Å². The van der Waals surface area contributed by atoms with Gasteiger partial charge in [0.15, 0.2) is 0 Å². The van der Waals surface area contributed by atoms with Crippen LogP contribution in [-0.2, 0) is 0 Å². The molecule has 1 aliphatic carbocycles. The molecule has 4 N–H and O–H groups in total. The fraction of sp³-hybridized carbons (Fsp3) is 0.438. The molecule has 106 valence electrons. The average molecular weight is 271 g/mol. The second kappa shape index (κ2) is 5.67. The molecule has 1 fully saturated rings. The number of hydrogen-bond acceptors (Lipinski definition) is 2. The van der Waals surface area contributed by atoms with E-state index in [2.05, 4.69) is 10.3 Å². The van der Waals surface area contributed by atoms with Crippen LogP contribution in [0.1, 0.15) is 36.0 Å². The van der Waals surface area contributed by atoms with Crippen LogP contribution in [0.2, 0.25) is 0 Å². The lowest BCUT2D eigenvalue weighted by atomic mass is 9.84. The van der Waals surface area contributed by atoms with Crippen molar-refractivity contribution in [2.75, 3.05) is 6.54 Å². The topological polar surface area (TPSA) is 70.9 Å². The van der Waals surface area contributed by atoms with E-state index in [4.69, 9.17) is 5.73 Å². The van der Waals surface area contributed by atoms with Crippen molar-refractivity contribution >= 4 is 16.8 Å². The molecule has 1 aliphatic rings. The largest absolute Gasteiger partial charge is 0.360 e. The van der Waals surface area contributed by atoms with Gasteiger partial charge in [-0.25, -0.2) is 0 Å². The minimum absolute atomic E-state index is 0.00722. The third-order valence-corrected chi connectivity index (χ3v) is 4.36. The highest BCUT2D eigenvalue weighted by Crippen LogP contribution is 2.24. The summed E-state index contributed by atoms with van der Waals surface area (Å²) in [6.45, 7) is 0.652. The van der Waals surface area contributed by atoms with Crippen LogP contribution >= 0.6 is 0 Å². The standard InChI is InChI=1S/C16H21N3O/c17-9-11-5-1-3-7-14(11)19-16(20)13-10-18-15-8-4-2-6-12(13)15/h2,4,6,8,10-11,14,18H,1,3,5,7,9,17H2,(H,19,20). The van der Waals surface area contributed by atoms with Crippen LogP contribution in [0.15, 0.2) is 30.5 Å². The van der Waals surface area contributed by atoms with Crippen LogP contribution in [0.25, 0.3) is 10.9 Å². The van der Waals surface area contributed by atoms with E-state index in [0.29, 0.717) is 12.5 Å². The maximum atomic E-state index is 12.5. The Morgan fingerprint density at radius 3 is 2.95 bits per heavy atom. The van der Waals surface area contributed by atoms with Gasteiger partial charge in [0.25, 0.3) is 5.91 Å². The molecule has 4 nitrogen and oxygen atoms in total. The minimum Gasteiger partial charge on any atom is -0.360 e. The molecule has 1 aromatic carbocycles. The summed E-state index contributed by atoms with van der Waals surface area (Å²) in [7, 11) is 0. The van der Waals surface area contributed by atoms with Crippen LogP contribution in [0.4, 0.5) is 0 Å². The van der Waals surface area contributed by atoms with Gasteiger partial charge >= 0.3 is 0 Å².